The first-order chi connectivity index (χ1) is 15.5. The Bertz CT molecular complexity index is 1200. The van der Waals surface area contributed by atoms with E-state index in [0.717, 1.165) is 48.4 Å². The molecule has 3 heterocycles. The molecule has 0 unspecified atom stereocenters. The molecular weight excluding hydrogens is 406 g/mol. The smallest absolute Gasteiger partial charge is 0.305 e. The number of nitrogens with one attached hydrogen (secondary N) is 1. The zero-order valence-electron chi connectivity index (χ0n) is 18.8. The molecule has 32 heavy (non-hydrogen) atoms. The van der Waals surface area contributed by atoms with Gasteiger partial charge in [0.05, 0.1) is 24.0 Å². The van der Waals surface area contributed by atoms with Crippen LogP contribution in [0.25, 0.3) is 22.4 Å². The Kier molecular flexibility index (Phi) is 6.63. The van der Waals surface area contributed by atoms with Crippen LogP contribution in [-0.4, -0.2) is 48.3 Å². The van der Waals surface area contributed by atoms with E-state index in [1.807, 2.05) is 54.1 Å². The summed E-state index contributed by atoms with van der Waals surface area (Å²) in [6, 6.07) is 6.09. The predicted octanol–water partition coefficient (Wildman–Crippen LogP) is 3.94. The summed E-state index contributed by atoms with van der Waals surface area (Å²) in [5.74, 6) is 1.77. The molecular formula is C23H29N7O2. The summed E-state index contributed by atoms with van der Waals surface area (Å²) in [5.41, 5.74) is 3.50. The zero-order chi connectivity index (χ0) is 22.5. The quantitative estimate of drug-likeness (QED) is 0.297. The average Bonchev–Trinajstić information content (AvgIpc) is 3.45. The van der Waals surface area contributed by atoms with Crippen LogP contribution in [0.15, 0.2) is 36.9 Å². The monoisotopic (exact) mass is 435 g/mol. The van der Waals surface area contributed by atoms with Crippen molar-refractivity contribution in [3.63, 3.8) is 0 Å². The number of rotatable bonds is 10. The molecule has 168 valence electrons. The third-order valence-corrected chi connectivity index (χ3v) is 5.20. The number of hydrogen-bond acceptors (Lipinski definition) is 7. The Labute approximate surface area is 186 Å². The van der Waals surface area contributed by atoms with E-state index in [-0.39, 0.29) is 5.97 Å². The highest BCUT2D eigenvalue weighted by atomic mass is 16.5. The van der Waals surface area contributed by atoms with Gasteiger partial charge in [-0.05, 0) is 43.9 Å². The maximum atomic E-state index is 11.7. The van der Waals surface area contributed by atoms with Gasteiger partial charge in [-0.25, -0.2) is 9.97 Å². The number of hydrogen-bond donors (Lipinski definition) is 1. The van der Waals surface area contributed by atoms with E-state index >= 15 is 0 Å². The predicted molar refractivity (Wildman–Crippen MR) is 123 cm³/mol. The highest BCUT2D eigenvalue weighted by molar-refractivity contribution is 5.84. The Morgan fingerprint density at radius 3 is 2.84 bits per heavy atom. The van der Waals surface area contributed by atoms with E-state index in [0.29, 0.717) is 30.4 Å². The first-order valence-corrected chi connectivity index (χ1v) is 11.1. The van der Waals surface area contributed by atoms with Gasteiger partial charge < -0.3 is 14.6 Å². The summed E-state index contributed by atoms with van der Waals surface area (Å²) in [6.45, 7) is 7.23. The average molecular weight is 436 g/mol. The molecule has 0 aliphatic carbocycles. The number of unbranched alkanes of at least 4 members (excludes halogenated alkanes) is 2. The van der Waals surface area contributed by atoms with Crippen molar-refractivity contribution in [1.29, 1.82) is 0 Å². The van der Waals surface area contributed by atoms with Gasteiger partial charge in [0.2, 0.25) is 5.65 Å². The molecule has 0 radical (unpaired) electrons. The molecule has 0 saturated heterocycles. The van der Waals surface area contributed by atoms with Crippen molar-refractivity contribution in [3.8, 4) is 5.69 Å². The van der Waals surface area contributed by atoms with Crippen LogP contribution in [0, 0.1) is 12.8 Å². The summed E-state index contributed by atoms with van der Waals surface area (Å²) >= 11 is 0. The molecule has 4 rings (SSSR count). The second kappa shape index (κ2) is 9.76. The Morgan fingerprint density at radius 1 is 1.19 bits per heavy atom. The van der Waals surface area contributed by atoms with Crippen LogP contribution in [-0.2, 0) is 9.53 Å². The normalized spacial score (nSPS) is 11.5. The van der Waals surface area contributed by atoms with Crippen LogP contribution in [0.2, 0.25) is 0 Å². The molecule has 1 aromatic carbocycles. The summed E-state index contributed by atoms with van der Waals surface area (Å²) in [7, 11) is 0. The molecule has 0 fully saturated rings. The number of imidazole rings is 1. The topological polar surface area (TPSA) is 99.2 Å². The fourth-order valence-corrected chi connectivity index (χ4v) is 3.57. The van der Waals surface area contributed by atoms with E-state index < -0.39 is 0 Å². The van der Waals surface area contributed by atoms with Gasteiger partial charge in [-0.15, -0.1) is 10.2 Å². The van der Waals surface area contributed by atoms with Gasteiger partial charge in [-0.1, -0.05) is 20.3 Å². The number of carbonyl (C=O) groups is 1. The number of carbonyl (C=O) groups excluding carboxylic acids is 1. The molecule has 0 aliphatic rings. The molecule has 9 nitrogen and oxygen atoms in total. The van der Waals surface area contributed by atoms with Crippen molar-refractivity contribution in [1.82, 2.24) is 29.1 Å². The van der Waals surface area contributed by atoms with E-state index in [4.69, 9.17) is 9.72 Å². The van der Waals surface area contributed by atoms with Crippen LogP contribution in [0.3, 0.4) is 0 Å². The van der Waals surface area contributed by atoms with Crippen LogP contribution in [0.5, 0.6) is 0 Å². The third kappa shape index (κ3) is 4.87. The van der Waals surface area contributed by atoms with Gasteiger partial charge in [0.1, 0.15) is 5.82 Å². The van der Waals surface area contributed by atoms with Gasteiger partial charge in [0, 0.05) is 31.0 Å². The van der Waals surface area contributed by atoms with Crippen molar-refractivity contribution in [2.45, 2.75) is 46.5 Å². The summed E-state index contributed by atoms with van der Waals surface area (Å²) in [4.78, 5) is 20.7. The lowest BCUT2D eigenvalue weighted by Crippen LogP contribution is -2.10. The fraction of sp³-hybridized carbons (Fsp3) is 0.435. The van der Waals surface area contributed by atoms with Crippen LogP contribution in [0.4, 0.5) is 5.82 Å². The van der Waals surface area contributed by atoms with Gasteiger partial charge >= 0.3 is 5.97 Å². The van der Waals surface area contributed by atoms with Crippen molar-refractivity contribution in [3.05, 3.63) is 42.7 Å². The lowest BCUT2D eigenvalue weighted by Gasteiger charge is -2.11. The van der Waals surface area contributed by atoms with Gasteiger partial charge in [0.25, 0.3) is 0 Å². The minimum Gasteiger partial charge on any atom is -0.465 e. The molecule has 0 amide bonds. The highest BCUT2D eigenvalue weighted by Gasteiger charge is 2.13. The lowest BCUT2D eigenvalue weighted by atomic mass is 10.2. The fourth-order valence-electron chi connectivity index (χ4n) is 3.57. The van der Waals surface area contributed by atoms with Crippen molar-refractivity contribution in [2.75, 3.05) is 18.5 Å². The number of aromatic nitrogens is 6. The van der Waals surface area contributed by atoms with Gasteiger partial charge in [0.15, 0.2) is 5.82 Å². The number of nitrogens with zero attached hydrogens (tertiary/aromatic N) is 6. The molecule has 3 aromatic heterocycles. The number of aryl methyl sites for hydroxylation is 1. The molecule has 4 aromatic rings. The molecule has 0 atom stereocenters. The summed E-state index contributed by atoms with van der Waals surface area (Å²) in [6.07, 6.45) is 8.56. The van der Waals surface area contributed by atoms with Crippen LogP contribution < -0.4 is 5.32 Å². The molecule has 0 spiro atoms. The maximum absolute atomic E-state index is 11.7. The van der Waals surface area contributed by atoms with Gasteiger partial charge in [-0.3, -0.25) is 9.20 Å². The highest BCUT2D eigenvalue weighted by Crippen LogP contribution is 2.24. The third-order valence-electron chi connectivity index (χ3n) is 5.20. The van der Waals surface area contributed by atoms with Crippen LogP contribution >= 0.6 is 0 Å². The van der Waals surface area contributed by atoms with E-state index in [2.05, 4.69) is 20.5 Å². The number of ether oxygens (including phenoxy) is 1. The minimum absolute atomic E-state index is 0.114. The zero-order valence-corrected chi connectivity index (χ0v) is 18.8. The molecule has 0 bridgehead atoms. The number of benzene rings is 1. The second-order valence-electron chi connectivity index (χ2n) is 8.32. The molecule has 0 aliphatic heterocycles. The Hall–Kier alpha value is -3.49. The summed E-state index contributed by atoms with van der Waals surface area (Å²) < 4.78 is 9.19. The maximum Gasteiger partial charge on any atom is 0.305 e. The van der Waals surface area contributed by atoms with Crippen molar-refractivity contribution in [2.24, 2.45) is 5.92 Å². The standard InChI is InChI=1S/C23H29N7O2/c1-16(2)14-32-21(31)7-5-4-6-10-25-22-23-28-27-17(3)30(23)20-9-8-18(13-19(20)26-22)29-12-11-24-15-29/h8-9,11-13,15-16H,4-7,10,14H2,1-3H3,(H,25,26). The van der Waals surface area contributed by atoms with Crippen molar-refractivity contribution >= 4 is 28.5 Å². The molecule has 1 N–H and O–H groups in total. The molecule has 0 saturated carbocycles. The number of anilines is 1. The Balaban J connectivity index is 1.42. The first kappa shape index (κ1) is 21.7. The summed E-state index contributed by atoms with van der Waals surface area (Å²) in [5, 5.41) is 12.0. The first-order valence-electron chi connectivity index (χ1n) is 11.1. The second-order valence-corrected chi connectivity index (χ2v) is 8.32. The number of fused-ring (bicyclic) bond motifs is 3. The molecule has 9 heteroatoms. The number of esters is 1. The SMILES string of the molecule is Cc1nnc2c(NCCCCCC(=O)OCC(C)C)nc3cc(-n4ccnc4)ccc3n12. The largest absolute Gasteiger partial charge is 0.465 e. The Morgan fingerprint density at radius 2 is 2.06 bits per heavy atom. The van der Waals surface area contributed by atoms with Crippen molar-refractivity contribution < 1.29 is 9.53 Å². The van der Waals surface area contributed by atoms with E-state index in [9.17, 15) is 4.79 Å². The van der Waals surface area contributed by atoms with E-state index in [1.54, 1.807) is 12.5 Å². The van der Waals surface area contributed by atoms with E-state index in [1.165, 1.54) is 0 Å². The van der Waals surface area contributed by atoms with Crippen LogP contribution in [0.1, 0.15) is 45.4 Å². The van der Waals surface area contributed by atoms with Gasteiger partial charge in [-0.2, -0.15) is 0 Å². The minimum atomic E-state index is -0.114. The lowest BCUT2D eigenvalue weighted by molar-refractivity contribution is -0.144.